The number of hydrogen-bond acceptors (Lipinski definition) is 4. The monoisotopic (exact) mass is 257 g/mol. The fourth-order valence-corrected chi connectivity index (χ4v) is 1.62. The maximum Gasteiger partial charge on any atom is 0.249 e. The Morgan fingerprint density at radius 2 is 2.12 bits per heavy atom. The summed E-state index contributed by atoms with van der Waals surface area (Å²) in [5, 5.41) is 11.8. The van der Waals surface area contributed by atoms with Crippen molar-refractivity contribution in [2.24, 2.45) is 0 Å². The molecule has 2 rings (SSSR count). The summed E-state index contributed by atoms with van der Waals surface area (Å²) in [7, 11) is 1.80. The molecule has 16 heavy (non-hydrogen) atoms. The molecule has 0 aliphatic carbocycles. The fraction of sp³-hybridized carbons (Fsp3) is 0.200. The van der Waals surface area contributed by atoms with E-state index < -0.39 is 0 Å². The highest BCUT2D eigenvalue weighted by Gasteiger charge is 2.11. The summed E-state index contributed by atoms with van der Waals surface area (Å²) in [5.41, 5.74) is 0.643. The molecular formula is C10H9Cl2N3O. The van der Waals surface area contributed by atoms with Gasteiger partial charge in [0.2, 0.25) is 11.8 Å². The van der Waals surface area contributed by atoms with E-state index in [2.05, 4.69) is 15.5 Å². The lowest BCUT2D eigenvalue weighted by Gasteiger charge is -1.99. The fourth-order valence-electron chi connectivity index (χ4n) is 1.25. The number of aromatic nitrogens is 2. The third kappa shape index (κ3) is 2.35. The van der Waals surface area contributed by atoms with Gasteiger partial charge in [0.15, 0.2) is 0 Å². The van der Waals surface area contributed by atoms with Crippen LogP contribution < -0.4 is 5.32 Å². The molecule has 0 fully saturated rings. The van der Waals surface area contributed by atoms with Crippen LogP contribution in [0.5, 0.6) is 0 Å². The number of hydrogen-bond donors (Lipinski definition) is 1. The zero-order chi connectivity index (χ0) is 11.5. The molecule has 84 valence electrons. The van der Waals surface area contributed by atoms with Crippen molar-refractivity contribution >= 4 is 23.2 Å². The Hall–Kier alpha value is -1.10. The summed E-state index contributed by atoms with van der Waals surface area (Å²) in [6, 6.07) is 5.10. The van der Waals surface area contributed by atoms with Gasteiger partial charge in [-0.1, -0.05) is 23.2 Å². The Morgan fingerprint density at radius 3 is 2.88 bits per heavy atom. The largest absolute Gasteiger partial charge is 0.419 e. The summed E-state index contributed by atoms with van der Waals surface area (Å²) in [6.07, 6.45) is 0. The first kappa shape index (κ1) is 11.4. The topological polar surface area (TPSA) is 51.0 Å². The second-order valence-electron chi connectivity index (χ2n) is 3.16. The highest BCUT2D eigenvalue weighted by Crippen LogP contribution is 2.29. The number of rotatable bonds is 3. The second-order valence-corrected chi connectivity index (χ2v) is 4.00. The number of benzene rings is 1. The van der Waals surface area contributed by atoms with Crippen molar-refractivity contribution < 1.29 is 4.42 Å². The molecule has 6 heteroatoms. The van der Waals surface area contributed by atoms with E-state index in [9.17, 15) is 0 Å². The molecule has 0 saturated heterocycles. The van der Waals surface area contributed by atoms with Crippen molar-refractivity contribution in [1.82, 2.24) is 15.5 Å². The van der Waals surface area contributed by atoms with Gasteiger partial charge in [-0.05, 0) is 25.2 Å². The van der Waals surface area contributed by atoms with Gasteiger partial charge < -0.3 is 9.73 Å². The molecule has 1 aromatic heterocycles. The molecule has 1 aromatic carbocycles. The van der Waals surface area contributed by atoms with Crippen molar-refractivity contribution in [2.45, 2.75) is 6.54 Å². The molecule has 0 aliphatic heterocycles. The normalized spacial score (nSPS) is 10.7. The smallest absolute Gasteiger partial charge is 0.249 e. The third-order valence-electron chi connectivity index (χ3n) is 1.95. The van der Waals surface area contributed by atoms with Gasteiger partial charge in [0.05, 0.1) is 17.1 Å². The van der Waals surface area contributed by atoms with Crippen LogP contribution in [0.4, 0.5) is 0 Å². The highest BCUT2D eigenvalue weighted by atomic mass is 35.5. The summed E-state index contributed by atoms with van der Waals surface area (Å²) in [6.45, 7) is 0.519. The molecule has 1 N–H and O–H groups in total. The zero-order valence-electron chi connectivity index (χ0n) is 8.50. The Kier molecular flexibility index (Phi) is 3.43. The number of nitrogens with one attached hydrogen (secondary N) is 1. The first-order valence-electron chi connectivity index (χ1n) is 4.63. The second kappa shape index (κ2) is 4.82. The van der Waals surface area contributed by atoms with Gasteiger partial charge in [0, 0.05) is 5.02 Å². The van der Waals surface area contributed by atoms with E-state index >= 15 is 0 Å². The van der Waals surface area contributed by atoms with Crippen LogP contribution >= 0.6 is 23.2 Å². The molecule has 0 saturated carbocycles. The van der Waals surface area contributed by atoms with Crippen LogP contribution in [0.1, 0.15) is 5.89 Å². The van der Waals surface area contributed by atoms with E-state index in [1.165, 1.54) is 0 Å². The minimum absolute atomic E-state index is 0.373. The van der Waals surface area contributed by atoms with Crippen molar-refractivity contribution in [2.75, 3.05) is 7.05 Å². The van der Waals surface area contributed by atoms with Crippen molar-refractivity contribution in [3.63, 3.8) is 0 Å². The molecule has 0 radical (unpaired) electrons. The molecule has 0 atom stereocenters. The zero-order valence-corrected chi connectivity index (χ0v) is 10.0. The number of nitrogens with zero attached hydrogens (tertiary/aromatic N) is 2. The van der Waals surface area contributed by atoms with E-state index in [1.807, 2.05) is 0 Å². The number of halogens is 2. The van der Waals surface area contributed by atoms with Gasteiger partial charge >= 0.3 is 0 Å². The van der Waals surface area contributed by atoms with Crippen molar-refractivity contribution in [3.05, 3.63) is 34.1 Å². The van der Waals surface area contributed by atoms with Gasteiger partial charge in [-0.3, -0.25) is 0 Å². The minimum Gasteiger partial charge on any atom is -0.419 e. The molecule has 2 aromatic rings. The van der Waals surface area contributed by atoms with Crippen LogP contribution in [0.15, 0.2) is 22.6 Å². The SMILES string of the molecule is CNCc1nnc(-c2cc(Cl)ccc2Cl)o1. The highest BCUT2D eigenvalue weighted by molar-refractivity contribution is 6.35. The average Bonchev–Trinajstić information content (AvgIpc) is 2.71. The van der Waals surface area contributed by atoms with Crippen LogP contribution in [0.3, 0.4) is 0 Å². The molecule has 0 amide bonds. The van der Waals surface area contributed by atoms with Gasteiger partial charge in [0.25, 0.3) is 0 Å². The lowest BCUT2D eigenvalue weighted by molar-refractivity contribution is 0.490. The molecule has 0 bridgehead atoms. The summed E-state index contributed by atoms with van der Waals surface area (Å²) >= 11 is 11.9. The van der Waals surface area contributed by atoms with E-state index in [-0.39, 0.29) is 0 Å². The van der Waals surface area contributed by atoms with Crippen molar-refractivity contribution in [1.29, 1.82) is 0 Å². The Balaban J connectivity index is 2.38. The van der Waals surface area contributed by atoms with Gasteiger partial charge in [-0.15, -0.1) is 10.2 Å². The van der Waals surface area contributed by atoms with Gasteiger partial charge in [-0.2, -0.15) is 0 Å². The molecule has 0 unspecified atom stereocenters. The first-order chi connectivity index (χ1) is 7.70. The lowest BCUT2D eigenvalue weighted by Crippen LogP contribution is -2.04. The quantitative estimate of drug-likeness (QED) is 0.919. The van der Waals surface area contributed by atoms with E-state index in [0.717, 1.165) is 0 Å². The maximum atomic E-state index is 6.02. The van der Waals surface area contributed by atoms with Crippen LogP contribution in [0, 0.1) is 0 Å². The molecule has 4 nitrogen and oxygen atoms in total. The molecule has 0 spiro atoms. The molecule has 0 aliphatic rings. The van der Waals surface area contributed by atoms with E-state index in [1.54, 1.807) is 25.2 Å². The van der Waals surface area contributed by atoms with Crippen LogP contribution in [0.2, 0.25) is 10.0 Å². The summed E-state index contributed by atoms with van der Waals surface area (Å²) < 4.78 is 5.42. The first-order valence-corrected chi connectivity index (χ1v) is 5.38. The summed E-state index contributed by atoms with van der Waals surface area (Å²) in [5.74, 6) is 0.881. The van der Waals surface area contributed by atoms with Crippen LogP contribution in [-0.4, -0.2) is 17.2 Å². The predicted molar refractivity (Wildman–Crippen MR) is 62.5 cm³/mol. The Bertz CT molecular complexity index is 499. The minimum atomic E-state index is 0.373. The van der Waals surface area contributed by atoms with Crippen molar-refractivity contribution in [3.8, 4) is 11.5 Å². The third-order valence-corrected chi connectivity index (χ3v) is 2.52. The lowest BCUT2D eigenvalue weighted by atomic mass is 10.2. The van der Waals surface area contributed by atoms with Gasteiger partial charge in [-0.25, -0.2) is 0 Å². The van der Waals surface area contributed by atoms with Crippen LogP contribution in [-0.2, 0) is 6.54 Å². The predicted octanol–water partition coefficient (Wildman–Crippen LogP) is 2.76. The van der Waals surface area contributed by atoms with Crippen LogP contribution in [0.25, 0.3) is 11.5 Å². The molecular weight excluding hydrogens is 249 g/mol. The Morgan fingerprint density at radius 1 is 1.31 bits per heavy atom. The Labute approximate surface area is 103 Å². The van der Waals surface area contributed by atoms with E-state index in [4.69, 9.17) is 27.6 Å². The van der Waals surface area contributed by atoms with Gasteiger partial charge in [0.1, 0.15) is 0 Å². The standard InChI is InChI=1S/C10H9Cl2N3O/c1-13-5-9-14-15-10(16-9)7-4-6(11)2-3-8(7)12/h2-4,13H,5H2,1H3. The summed E-state index contributed by atoms with van der Waals surface area (Å²) in [4.78, 5) is 0. The van der Waals surface area contributed by atoms with E-state index in [0.29, 0.717) is 33.9 Å². The molecule has 1 heterocycles. The maximum absolute atomic E-state index is 6.02. The average molecular weight is 258 g/mol.